The van der Waals surface area contributed by atoms with Crippen LogP contribution in [0.3, 0.4) is 0 Å². The highest BCUT2D eigenvalue weighted by molar-refractivity contribution is 7.89. The molecule has 11 nitrogen and oxygen atoms in total. The first-order valence-corrected chi connectivity index (χ1v) is 32.0. The van der Waals surface area contributed by atoms with Crippen molar-refractivity contribution in [1.82, 2.24) is 14.9 Å². The first-order chi connectivity index (χ1) is 34.5. The molecule has 422 valence electrons. The van der Waals surface area contributed by atoms with Crippen LogP contribution in [0, 0.1) is 0 Å². The number of rotatable bonds is 57. The Hall–Kier alpha value is -1.76. The van der Waals surface area contributed by atoms with Gasteiger partial charge >= 0.3 is 17.9 Å². The summed E-state index contributed by atoms with van der Waals surface area (Å²) in [6.07, 6.45) is 48.6. The molecular weight excluding hydrogens is 911 g/mol. The summed E-state index contributed by atoms with van der Waals surface area (Å²) in [6.45, 7) is 7.14. The van der Waals surface area contributed by atoms with Crippen LogP contribution in [0.2, 0.25) is 0 Å². The Bertz CT molecular complexity index is 1190. The molecule has 0 saturated carbocycles. The van der Waals surface area contributed by atoms with Crippen molar-refractivity contribution in [3.63, 3.8) is 0 Å². The van der Waals surface area contributed by atoms with Crippen molar-refractivity contribution >= 4 is 27.9 Å². The van der Waals surface area contributed by atoms with Crippen LogP contribution in [0.4, 0.5) is 0 Å². The van der Waals surface area contributed by atoms with E-state index in [1.165, 1.54) is 193 Å². The molecule has 12 heteroatoms. The molecule has 71 heavy (non-hydrogen) atoms. The van der Waals surface area contributed by atoms with Crippen molar-refractivity contribution < 1.29 is 37.0 Å². The largest absolute Gasteiger partial charge is 0.463 e. The minimum Gasteiger partial charge on any atom is -0.463 e. The van der Waals surface area contributed by atoms with E-state index in [2.05, 4.69) is 30.8 Å². The van der Waals surface area contributed by atoms with E-state index in [1.807, 2.05) is 19.0 Å². The lowest BCUT2D eigenvalue weighted by Crippen LogP contribution is -2.58. The second-order valence-electron chi connectivity index (χ2n) is 21.5. The van der Waals surface area contributed by atoms with Gasteiger partial charge < -0.3 is 24.4 Å². The molecule has 0 aromatic carbocycles. The van der Waals surface area contributed by atoms with Crippen LogP contribution in [0.1, 0.15) is 297 Å². The fourth-order valence-corrected chi connectivity index (χ4v) is 10.1. The monoisotopic (exact) mass is 1030 g/mol. The summed E-state index contributed by atoms with van der Waals surface area (Å²) in [5, 5.41) is 3.26. The Morgan fingerprint density at radius 1 is 0.380 bits per heavy atom. The van der Waals surface area contributed by atoms with E-state index in [0.29, 0.717) is 13.0 Å². The van der Waals surface area contributed by atoms with Crippen LogP contribution >= 0.6 is 0 Å². The lowest BCUT2D eigenvalue weighted by molar-refractivity contribution is -0.157. The number of sulfonamides is 1. The number of hydrogen-bond donors (Lipinski definition) is 2. The molecule has 2 N–H and O–H groups in total. The number of nitrogens with one attached hydrogen (secondary N) is 2. The second-order valence-corrected chi connectivity index (χ2v) is 23.5. The molecular formula is C59H117N3O8S. The van der Waals surface area contributed by atoms with Gasteiger partial charge in [-0.3, -0.25) is 14.4 Å². The molecule has 0 radical (unpaired) electrons. The van der Waals surface area contributed by atoms with E-state index in [0.717, 1.165) is 64.3 Å². The molecule has 0 aliphatic rings. The summed E-state index contributed by atoms with van der Waals surface area (Å²) in [5.74, 6) is -1.35. The standard InChI is InChI=1S/C59H117N3O8S/c1-6-9-12-15-18-21-24-27-30-33-36-39-42-46-56(63)68-53-59(60-50-52-71(66,67)61-49-45-51-62(4)5,54-69-57(64)47-43-40-37-34-31-28-25-22-19-16-13-10-7-2)55-70-58(65)48-44-41-38-35-32-29-26-23-20-17-14-11-8-3/h60-61H,6-55H2,1-5H3. The number of unbranched alkanes of at least 4 members (excludes halogenated alkanes) is 36. The van der Waals surface area contributed by atoms with Crippen molar-refractivity contribution in [2.24, 2.45) is 0 Å². The van der Waals surface area contributed by atoms with E-state index < -0.39 is 15.6 Å². The molecule has 0 fully saturated rings. The molecule has 0 aromatic heterocycles. The van der Waals surface area contributed by atoms with Gasteiger partial charge in [0.25, 0.3) is 0 Å². The zero-order valence-electron chi connectivity index (χ0n) is 47.5. The van der Waals surface area contributed by atoms with Gasteiger partial charge in [-0.15, -0.1) is 0 Å². The third-order valence-corrected chi connectivity index (χ3v) is 15.3. The van der Waals surface area contributed by atoms with Crippen LogP contribution in [0.5, 0.6) is 0 Å². The number of hydrogen-bond acceptors (Lipinski definition) is 10. The normalized spacial score (nSPS) is 12.0. The fraction of sp³-hybridized carbons (Fsp3) is 0.949. The highest BCUT2D eigenvalue weighted by Gasteiger charge is 2.36. The quantitative estimate of drug-likeness (QED) is 0.0344. The number of esters is 3. The third-order valence-electron chi connectivity index (χ3n) is 14.0. The van der Waals surface area contributed by atoms with Gasteiger partial charge in [0.05, 0.1) is 5.75 Å². The Balaban J connectivity index is 5.42. The van der Waals surface area contributed by atoms with Gasteiger partial charge in [0, 0.05) is 32.4 Å². The number of ether oxygens (including phenoxy) is 3. The first kappa shape index (κ1) is 69.2. The minimum absolute atomic E-state index is 0.0216. The molecule has 0 saturated heterocycles. The summed E-state index contributed by atoms with van der Waals surface area (Å²) in [5.41, 5.74) is -1.32. The Labute approximate surface area is 439 Å². The molecule has 0 atom stereocenters. The number of nitrogens with zero attached hydrogens (tertiary/aromatic N) is 1. The molecule has 0 aliphatic heterocycles. The molecule has 0 heterocycles. The Morgan fingerprint density at radius 2 is 0.634 bits per heavy atom. The van der Waals surface area contributed by atoms with Crippen molar-refractivity contribution in [1.29, 1.82) is 0 Å². The molecule has 0 amide bonds. The average molecular weight is 1030 g/mol. The van der Waals surface area contributed by atoms with Gasteiger partial charge in [-0.2, -0.15) is 0 Å². The van der Waals surface area contributed by atoms with Crippen LogP contribution < -0.4 is 10.0 Å². The van der Waals surface area contributed by atoms with Crippen molar-refractivity contribution in [2.75, 3.05) is 59.3 Å². The lowest BCUT2D eigenvalue weighted by Gasteiger charge is -2.33. The number of carbonyl (C=O) groups excluding carboxylic acids is 3. The fourth-order valence-electron chi connectivity index (χ4n) is 9.16. The minimum atomic E-state index is -3.64. The predicted octanol–water partition coefficient (Wildman–Crippen LogP) is 15.3. The molecule has 0 spiro atoms. The summed E-state index contributed by atoms with van der Waals surface area (Å²) < 4.78 is 46.4. The van der Waals surface area contributed by atoms with E-state index in [4.69, 9.17) is 14.2 Å². The van der Waals surface area contributed by atoms with Crippen molar-refractivity contribution in [3.05, 3.63) is 0 Å². The summed E-state index contributed by atoms with van der Waals surface area (Å²) in [6, 6.07) is 0. The highest BCUT2D eigenvalue weighted by atomic mass is 32.2. The maximum atomic E-state index is 13.2. The maximum absolute atomic E-state index is 13.2. The topological polar surface area (TPSA) is 140 Å². The Kier molecular flexibility index (Phi) is 50.4. The van der Waals surface area contributed by atoms with Gasteiger partial charge in [0.15, 0.2) is 0 Å². The van der Waals surface area contributed by atoms with Crippen LogP contribution in [0.15, 0.2) is 0 Å². The maximum Gasteiger partial charge on any atom is 0.305 e. The van der Waals surface area contributed by atoms with Gasteiger partial charge in [-0.1, -0.05) is 252 Å². The zero-order chi connectivity index (χ0) is 52.2. The van der Waals surface area contributed by atoms with Crippen LogP contribution in [-0.2, 0) is 38.6 Å². The van der Waals surface area contributed by atoms with E-state index in [-0.39, 0.29) is 69.3 Å². The molecule has 0 unspecified atom stereocenters. The van der Waals surface area contributed by atoms with Crippen LogP contribution in [-0.4, -0.2) is 96.1 Å². The first-order valence-electron chi connectivity index (χ1n) is 30.3. The van der Waals surface area contributed by atoms with E-state index >= 15 is 0 Å². The van der Waals surface area contributed by atoms with E-state index in [9.17, 15) is 22.8 Å². The predicted molar refractivity (Wildman–Crippen MR) is 300 cm³/mol. The smallest absolute Gasteiger partial charge is 0.305 e. The highest BCUT2D eigenvalue weighted by Crippen LogP contribution is 2.18. The average Bonchev–Trinajstić information content (AvgIpc) is 3.35. The van der Waals surface area contributed by atoms with Crippen LogP contribution in [0.25, 0.3) is 0 Å². The molecule has 0 rings (SSSR count). The summed E-state index contributed by atoms with van der Waals surface area (Å²) in [7, 11) is 0.250. The van der Waals surface area contributed by atoms with Crippen molar-refractivity contribution in [2.45, 2.75) is 302 Å². The summed E-state index contributed by atoms with van der Waals surface area (Å²) >= 11 is 0. The van der Waals surface area contributed by atoms with Gasteiger partial charge in [-0.05, 0) is 46.3 Å². The van der Waals surface area contributed by atoms with E-state index in [1.54, 1.807) is 0 Å². The van der Waals surface area contributed by atoms with Gasteiger partial charge in [-0.25, -0.2) is 13.1 Å². The zero-order valence-corrected chi connectivity index (χ0v) is 48.3. The van der Waals surface area contributed by atoms with Gasteiger partial charge in [0.2, 0.25) is 10.0 Å². The Morgan fingerprint density at radius 3 is 0.887 bits per heavy atom. The molecule has 0 aliphatic carbocycles. The van der Waals surface area contributed by atoms with Crippen molar-refractivity contribution in [3.8, 4) is 0 Å². The third kappa shape index (κ3) is 50.2. The lowest BCUT2D eigenvalue weighted by atomic mass is 10.0. The molecule has 0 aromatic rings. The number of carbonyl (C=O) groups is 3. The summed E-state index contributed by atoms with van der Waals surface area (Å²) in [4.78, 5) is 41.7. The molecule has 0 bridgehead atoms. The second kappa shape index (κ2) is 51.7. The van der Waals surface area contributed by atoms with Gasteiger partial charge in [0.1, 0.15) is 25.4 Å². The SMILES string of the molecule is CCCCCCCCCCCCCCCC(=O)OCC(COC(=O)CCCCCCCCCCCCCCC)(COC(=O)CCCCCCCCCCCCCCC)NCCS(=O)(=O)NCCCN(C)C.